The molecular weight excluding hydrogens is 280 g/mol. The molecular formula is C15H22N6O. The van der Waals surface area contributed by atoms with E-state index in [2.05, 4.69) is 22.4 Å². The lowest BCUT2D eigenvalue weighted by molar-refractivity contribution is -0.117. The molecule has 7 heteroatoms. The molecule has 3 rings (SSSR count). The summed E-state index contributed by atoms with van der Waals surface area (Å²) < 4.78 is 3.65. The number of amides is 1. The zero-order valence-corrected chi connectivity index (χ0v) is 13.3. The second-order valence-corrected chi connectivity index (χ2v) is 5.74. The molecule has 118 valence electrons. The van der Waals surface area contributed by atoms with Crippen LogP contribution < -0.4 is 10.2 Å². The molecule has 0 spiro atoms. The Morgan fingerprint density at radius 1 is 1.45 bits per heavy atom. The van der Waals surface area contributed by atoms with Gasteiger partial charge < -0.3 is 5.32 Å². The van der Waals surface area contributed by atoms with Gasteiger partial charge in [-0.05, 0) is 19.8 Å². The first kappa shape index (κ1) is 14.6. The van der Waals surface area contributed by atoms with Crippen molar-refractivity contribution in [2.75, 3.05) is 16.8 Å². The number of nitrogens with one attached hydrogen (secondary N) is 1. The van der Waals surface area contributed by atoms with Crippen LogP contribution in [-0.2, 0) is 18.4 Å². The predicted molar refractivity (Wildman–Crippen MR) is 84.8 cm³/mol. The molecule has 2 aromatic rings. The molecule has 3 heterocycles. The zero-order chi connectivity index (χ0) is 15.7. The van der Waals surface area contributed by atoms with Crippen molar-refractivity contribution in [3.05, 3.63) is 24.2 Å². The molecule has 1 aliphatic heterocycles. The summed E-state index contributed by atoms with van der Waals surface area (Å²) in [5, 5.41) is 11.9. The second-order valence-electron chi connectivity index (χ2n) is 5.74. The molecule has 0 unspecified atom stereocenters. The maximum Gasteiger partial charge on any atom is 0.250 e. The maximum atomic E-state index is 12.6. The summed E-state index contributed by atoms with van der Waals surface area (Å²) in [6.07, 6.45) is 5.55. The molecule has 0 aliphatic carbocycles. The van der Waals surface area contributed by atoms with E-state index in [1.54, 1.807) is 15.8 Å². The van der Waals surface area contributed by atoms with Crippen LogP contribution in [0.4, 0.5) is 11.5 Å². The molecule has 1 fully saturated rings. The van der Waals surface area contributed by atoms with Crippen LogP contribution in [0.25, 0.3) is 0 Å². The quantitative estimate of drug-likeness (QED) is 0.910. The van der Waals surface area contributed by atoms with Gasteiger partial charge in [-0.3, -0.25) is 19.1 Å². The minimum Gasteiger partial charge on any atom is -0.371 e. The average molecular weight is 302 g/mol. The summed E-state index contributed by atoms with van der Waals surface area (Å²) in [4.78, 5) is 14.4. The smallest absolute Gasteiger partial charge is 0.250 e. The number of aromatic nitrogens is 4. The van der Waals surface area contributed by atoms with Crippen molar-refractivity contribution in [2.45, 2.75) is 39.3 Å². The molecule has 0 radical (unpaired) electrons. The molecule has 2 aromatic heterocycles. The van der Waals surface area contributed by atoms with Crippen molar-refractivity contribution < 1.29 is 4.79 Å². The standard InChI is InChI=1S/C15H22N6O/c1-4-6-20-10-12(9-16-20)17-13-5-7-21(15(13)22)14-8-11(2)18-19(14)3/h8-10,13,17H,4-7H2,1-3H3/t13-/m0/s1. The number of hydrogen-bond acceptors (Lipinski definition) is 4. The van der Waals surface area contributed by atoms with E-state index in [-0.39, 0.29) is 11.9 Å². The van der Waals surface area contributed by atoms with E-state index in [0.717, 1.165) is 36.6 Å². The fourth-order valence-electron chi connectivity index (χ4n) is 2.88. The van der Waals surface area contributed by atoms with Gasteiger partial charge in [-0.25, -0.2) is 0 Å². The summed E-state index contributed by atoms with van der Waals surface area (Å²) in [6.45, 7) is 5.64. The number of carbonyl (C=O) groups excluding carboxylic acids is 1. The monoisotopic (exact) mass is 302 g/mol. The summed E-state index contributed by atoms with van der Waals surface area (Å²) in [5.74, 6) is 0.944. The minimum atomic E-state index is -0.200. The number of rotatable bonds is 5. The van der Waals surface area contributed by atoms with Gasteiger partial charge in [0.25, 0.3) is 5.91 Å². The maximum absolute atomic E-state index is 12.6. The van der Waals surface area contributed by atoms with Gasteiger partial charge in [0, 0.05) is 32.4 Å². The predicted octanol–water partition coefficient (Wildman–Crippen LogP) is 1.55. The SMILES string of the molecule is CCCn1cc(N[C@H]2CCN(c3cc(C)nn3C)C2=O)cn1. The van der Waals surface area contributed by atoms with Crippen LogP contribution in [0.2, 0.25) is 0 Å². The van der Waals surface area contributed by atoms with Crippen LogP contribution in [-0.4, -0.2) is 38.1 Å². The Bertz CT molecular complexity index is 673. The highest BCUT2D eigenvalue weighted by Gasteiger charge is 2.34. The fourth-order valence-corrected chi connectivity index (χ4v) is 2.88. The van der Waals surface area contributed by atoms with Crippen LogP contribution in [0.5, 0.6) is 0 Å². The van der Waals surface area contributed by atoms with E-state index in [9.17, 15) is 4.79 Å². The second kappa shape index (κ2) is 5.82. The molecule has 7 nitrogen and oxygen atoms in total. The van der Waals surface area contributed by atoms with Crippen LogP contribution in [0.1, 0.15) is 25.5 Å². The first-order chi connectivity index (χ1) is 10.6. The Hall–Kier alpha value is -2.31. The van der Waals surface area contributed by atoms with Crippen molar-refractivity contribution in [1.82, 2.24) is 19.6 Å². The van der Waals surface area contributed by atoms with Crippen molar-refractivity contribution in [2.24, 2.45) is 7.05 Å². The molecule has 1 atom stereocenters. The topological polar surface area (TPSA) is 68.0 Å². The number of nitrogens with zero attached hydrogens (tertiary/aromatic N) is 5. The molecule has 1 aliphatic rings. The van der Waals surface area contributed by atoms with Crippen LogP contribution in [0.15, 0.2) is 18.5 Å². The van der Waals surface area contributed by atoms with E-state index in [4.69, 9.17) is 0 Å². The van der Waals surface area contributed by atoms with Crippen molar-refractivity contribution in [1.29, 1.82) is 0 Å². The number of anilines is 2. The Balaban J connectivity index is 1.69. The van der Waals surface area contributed by atoms with Gasteiger partial charge in [-0.15, -0.1) is 0 Å². The first-order valence-electron chi connectivity index (χ1n) is 7.69. The largest absolute Gasteiger partial charge is 0.371 e. The summed E-state index contributed by atoms with van der Waals surface area (Å²) >= 11 is 0. The lowest BCUT2D eigenvalue weighted by Crippen LogP contribution is -2.34. The minimum absolute atomic E-state index is 0.0891. The van der Waals surface area contributed by atoms with Gasteiger partial charge in [0.15, 0.2) is 0 Å². The molecule has 22 heavy (non-hydrogen) atoms. The molecule has 1 amide bonds. The number of carbonyl (C=O) groups is 1. The lowest BCUT2D eigenvalue weighted by Gasteiger charge is -2.16. The van der Waals surface area contributed by atoms with E-state index in [0.29, 0.717) is 6.54 Å². The van der Waals surface area contributed by atoms with Gasteiger partial charge >= 0.3 is 0 Å². The molecule has 0 bridgehead atoms. The Morgan fingerprint density at radius 3 is 2.95 bits per heavy atom. The Kier molecular flexibility index (Phi) is 3.87. The Labute approximate surface area is 129 Å². The van der Waals surface area contributed by atoms with Gasteiger partial charge in [-0.2, -0.15) is 10.2 Å². The third kappa shape index (κ3) is 2.70. The van der Waals surface area contributed by atoms with Gasteiger partial charge in [-0.1, -0.05) is 6.92 Å². The zero-order valence-electron chi connectivity index (χ0n) is 13.3. The molecule has 0 saturated carbocycles. The highest BCUT2D eigenvalue weighted by atomic mass is 16.2. The van der Waals surface area contributed by atoms with Crippen molar-refractivity contribution in [3.63, 3.8) is 0 Å². The van der Waals surface area contributed by atoms with Gasteiger partial charge in [0.05, 0.1) is 17.6 Å². The van der Waals surface area contributed by atoms with E-state index >= 15 is 0 Å². The van der Waals surface area contributed by atoms with Crippen LogP contribution >= 0.6 is 0 Å². The molecule has 1 saturated heterocycles. The summed E-state index contributed by atoms with van der Waals surface area (Å²) in [5.41, 5.74) is 1.82. The number of hydrogen-bond donors (Lipinski definition) is 1. The van der Waals surface area contributed by atoms with E-state index < -0.39 is 0 Å². The van der Waals surface area contributed by atoms with Gasteiger partial charge in [0.2, 0.25) is 0 Å². The summed E-state index contributed by atoms with van der Waals surface area (Å²) in [6, 6.07) is 1.74. The highest BCUT2D eigenvalue weighted by Crippen LogP contribution is 2.24. The third-order valence-electron chi connectivity index (χ3n) is 3.89. The third-order valence-corrected chi connectivity index (χ3v) is 3.89. The highest BCUT2D eigenvalue weighted by molar-refractivity contribution is 6.00. The summed E-state index contributed by atoms with van der Waals surface area (Å²) in [7, 11) is 1.87. The normalized spacial score (nSPS) is 18.2. The van der Waals surface area contributed by atoms with Gasteiger partial charge in [0.1, 0.15) is 11.9 Å². The molecule has 1 N–H and O–H groups in total. The molecule has 0 aromatic carbocycles. The lowest BCUT2D eigenvalue weighted by atomic mass is 10.2. The number of aryl methyl sites for hydroxylation is 3. The van der Waals surface area contributed by atoms with Crippen molar-refractivity contribution >= 4 is 17.4 Å². The first-order valence-corrected chi connectivity index (χ1v) is 7.69. The van der Waals surface area contributed by atoms with Crippen LogP contribution in [0, 0.1) is 6.92 Å². The van der Waals surface area contributed by atoms with Crippen molar-refractivity contribution in [3.8, 4) is 0 Å². The van der Waals surface area contributed by atoms with E-state index in [1.165, 1.54) is 0 Å². The van der Waals surface area contributed by atoms with E-state index in [1.807, 2.05) is 30.9 Å². The fraction of sp³-hybridized carbons (Fsp3) is 0.533. The van der Waals surface area contributed by atoms with Crippen LogP contribution in [0.3, 0.4) is 0 Å². The average Bonchev–Trinajstić information content (AvgIpc) is 3.13. The Morgan fingerprint density at radius 2 is 2.27 bits per heavy atom.